The van der Waals surface area contributed by atoms with Gasteiger partial charge in [-0.1, -0.05) is 0 Å². The molecule has 0 heterocycles. The zero-order valence-corrected chi connectivity index (χ0v) is 7.30. The molecule has 3 nitrogen and oxygen atoms in total. The van der Waals surface area contributed by atoms with Crippen molar-refractivity contribution in [3.8, 4) is 0 Å². The van der Waals surface area contributed by atoms with Gasteiger partial charge in [-0.3, -0.25) is 0 Å². The molecule has 0 rings (SSSR count). The van der Waals surface area contributed by atoms with Crippen LogP contribution < -0.4 is 0 Å². The van der Waals surface area contributed by atoms with Gasteiger partial charge >= 0.3 is 0 Å². The molecule has 4 heteroatoms. The van der Waals surface area contributed by atoms with Crippen molar-refractivity contribution in [2.45, 2.75) is 13.8 Å². The van der Waals surface area contributed by atoms with Crippen LogP contribution in [0, 0.1) is 0 Å². The van der Waals surface area contributed by atoms with Crippen LogP contribution in [0.15, 0.2) is 0 Å². The Morgan fingerprint density at radius 2 is 1.00 bits per heavy atom. The normalized spacial score (nSPS) is 4.50. The van der Waals surface area contributed by atoms with Gasteiger partial charge in [0.25, 0.3) is 0 Å². The van der Waals surface area contributed by atoms with E-state index < -0.39 is 0 Å². The van der Waals surface area contributed by atoms with Gasteiger partial charge in [0.2, 0.25) is 0 Å². The Balaban J connectivity index is -0.0000000160. The van der Waals surface area contributed by atoms with Crippen LogP contribution in [0.4, 0.5) is 0 Å². The van der Waals surface area contributed by atoms with E-state index in [9.17, 15) is 0 Å². The second-order valence-corrected chi connectivity index (χ2v) is 0.632. The summed E-state index contributed by atoms with van der Waals surface area (Å²) in [6.07, 6.45) is 0. The molecule has 54 valence electrons. The molecule has 8 heavy (non-hydrogen) atoms. The van der Waals surface area contributed by atoms with Gasteiger partial charge in [0.15, 0.2) is 0 Å². The summed E-state index contributed by atoms with van der Waals surface area (Å²) in [5, 5.41) is 15.1. The van der Waals surface area contributed by atoms with Gasteiger partial charge in [-0.25, -0.2) is 0 Å². The molecular formula is C4H14MoNO2-. The Morgan fingerprint density at radius 1 is 1.00 bits per heavy atom. The summed E-state index contributed by atoms with van der Waals surface area (Å²) in [5.74, 6) is 0. The summed E-state index contributed by atoms with van der Waals surface area (Å²) in [4.78, 5) is 0. The molecule has 0 saturated heterocycles. The molecule has 0 atom stereocenters. The molecule has 0 amide bonds. The molecule has 0 aromatic heterocycles. The standard InChI is InChI=1S/2C2H6O.Mo.H2N/c2*1-2-3;;/h2*3H,2H2,1H3;;1H2/q;;;-1. The Hall–Kier alpha value is 0.568. The summed E-state index contributed by atoms with van der Waals surface area (Å²) in [7, 11) is 0. The molecule has 4 N–H and O–H groups in total. The fourth-order valence-electron chi connectivity index (χ4n) is 0. The molecule has 0 aliphatic heterocycles. The molecule has 0 saturated carbocycles. The van der Waals surface area contributed by atoms with Crippen LogP contribution >= 0.6 is 0 Å². The van der Waals surface area contributed by atoms with Crippen molar-refractivity contribution in [3.63, 3.8) is 0 Å². The smallest absolute Gasteiger partial charge is 0.0402 e. The molecule has 0 unspecified atom stereocenters. The molecule has 0 aliphatic carbocycles. The Bertz CT molecular complexity index is 16.0. The van der Waals surface area contributed by atoms with E-state index in [1.54, 1.807) is 13.8 Å². The van der Waals surface area contributed by atoms with Crippen LogP contribution in [-0.4, -0.2) is 23.4 Å². The third-order valence-electron chi connectivity index (χ3n) is 0. The monoisotopic (exact) mass is 206 g/mol. The SMILES string of the molecule is CCO.CCO.[Mo].[NH2-]. The quantitative estimate of drug-likeness (QED) is 0.570. The first-order valence-corrected chi connectivity index (χ1v) is 2.05. The van der Waals surface area contributed by atoms with Crippen LogP contribution in [0.5, 0.6) is 0 Å². The third kappa shape index (κ3) is 631. The van der Waals surface area contributed by atoms with Crippen molar-refractivity contribution >= 4 is 0 Å². The Kier molecular flexibility index (Phi) is 146. The first-order chi connectivity index (χ1) is 2.83. The van der Waals surface area contributed by atoms with E-state index in [1.165, 1.54) is 0 Å². The van der Waals surface area contributed by atoms with E-state index >= 15 is 0 Å². The molecule has 0 aliphatic rings. The van der Waals surface area contributed by atoms with Gasteiger partial charge in [-0.15, -0.1) is 0 Å². The number of hydrogen-bond donors (Lipinski definition) is 2. The first-order valence-electron chi connectivity index (χ1n) is 2.05. The minimum absolute atomic E-state index is 0. The van der Waals surface area contributed by atoms with E-state index in [2.05, 4.69) is 0 Å². The van der Waals surface area contributed by atoms with Crippen molar-refractivity contribution < 1.29 is 31.3 Å². The summed E-state index contributed by atoms with van der Waals surface area (Å²) in [6.45, 7) is 3.86. The maximum atomic E-state index is 7.57. The third-order valence-corrected chi connectivity index (χ3v) is 0. The Labute approximate surface area is 65.0 Å². The summed E-state index contributed by atoms with van der Waals surface area (Å²) >= 11 is 0. The van der Waals surface area contributed by atoms with E-state index in [4.69, 9.17) is 10.2 Å². The van der Waals surface area contributed by atoms with Crippen molar-refractivity contribution in [2.24, 2.45) is 0 Å². The van der Waals surface area contributed by atoms with Gasteiger partial charge in [0.1, 0.15) is 0 Å². The minimum atomic E-state index is 0. The predicted octanol–water partition coefficient (Wildman–Crippen LogP) is 0.712. The molecular weight excluding hydrogens is 190 g/mol. The zero-order chi connectivity index (χ0) is 5.41. The fraction of sp³-hybridized carbons (Fsp3) is 1.00. The maximum Gasteiger partial charge on any atom is 0.0402 e. The second kappa shape index (κ2) is 49.5. The first kappa shape index (κ1) is 23.5. The van der Waals surface area contributed by atoms with Crippen LogP contribution in [0.25, 0.3) is 6.15 Å². The van der Waals surface area contributed by atoms with E-state index in [1.807, 2.05) is 0 Å². The van der Waals surface area contributed by atoms with Crippen molar-refractivity contribution in [3.05, 3.63) is 6.15 Å². The summed E-state index contributed by atoms with van der Waals surface area (Å²) < 4.78 is 0. The van der Waals surface area contributed by atoms with Gasteiger partial charge in [-0.05, 0) is 13.8 Å². The van der Waals surface area contributed by atoms with Crippen LogP contribution in [0.3, 0.4) is 0 Å². The number of rotatable bonds is 0. The number of aliphatic hydroxyl groups excluding tert-OH is 2. The molecule has 0 radical (unpaired) electrons. The molecule has 0 aromatic rings. The zero-order valence-electron chi connectivity index (χ0n) is 5.29. The molecule has 0 aromatic carbocycles. The predicted molar refractivity (Wildman–Crippen MR) is 30.8 cm³/mol. The summed E-state index contributed by atoms with van der Waals surface area (Å²) in [6, 6.07) is 0. The fourth-order valence-corrected chi connectivity index (χ4v) is 0. The molecule has 0 bridgehead atoms. The van der Waals surface area contributed by atoms with E-state index in [0.29, 0.717) is 0 Å². The molecule has 0 spiro atoms. The number of aliphatic hydroxyl groups is 2. The number of nitrogens with two attached hydrogens (primary N) is 1. The van der Waals surface area contributed by atoms with Crippen molar-refractivity contribution in [2.75, 3.05) is 13.2 Å². The molecule has 0 fully saturated rings. The van der Waals surface area contributed by atoms with Crippen LogP contribution in [0.2, 0.25) is 0 Å². The maximum absolute atomic E-state index is 7.57. The van der Waals surface area contributed by atoms with E-state index in [0.717, 1.165) is 0 Å². The van der Waals surface area contributed by atoms with Crippen LogP contribution in [-0.2, 0) is 21.1 Å². The van der Waals surface area contributed by atoms with Crippen molar-refractivity contribution in [1.82, 2.24) is 0 Å². The largest absolute Gasteiger partial charge is 0.693 e. The average Bonchev–Trinajstić information content (AvgIpc) is 1.39. The minimum Gasteiger partial charge on any atom is -0.693 e. The van der Waals surface area contributed by atoms with Gasteiger partial charge in [0, 0.05) is 34.3 Å². The Morgan fingerprint density at radius 3 is 1.00 bits per heavy atom. The summed E-state index contributed by atoms with van der Waals surface area (Å²) in [5.41, 5.74) is 0. The number of hydrogen-bond acceptors (Lipinski definition) is 2. The van der Waals surface area contributed by atoms with Crippen LogP contribution in [0.1, 0.15) is 13.8 Å². The van der Waals surface area contributed by atoms with Gasteiger partial charge in [-0.2, -0.15) is 0 Å². The van der Waals surface area contributed by atoms with Crippen molar-refractivity contribution in [1.29, 1.82) is 0 Å². The average molecular weight is 204 g/mol. The van der Waals surface area contributed by atoms with Gasteiger partial charge in [0.05, 0.1) is 0 Å². The topological polar surface area (TPSA) is 74.0 Å². The van der Waals surface area contributed by atoms with Gasteiger partial charge < -0.3 is 16.4 Å². The second-order valence-electron chi connectivity index (χ2n) is 0.632. The van der Waals surface area contributed by atoms with E-state index in [-0.39, 0.29) is 40.4 Å².